The summed E-state index contributed by atoms with van der Waals surface area (Å²) in [5.74, 6) is -1.59. The van der Waals surface area contributed by atoms with E-state index in [9.17, 15) is 14.5 Å². The molecule has 11 heavy (non-hydrogen) atoms. The van der Waals surface area contributed by atoms with Gasteiger partial charge in [0.25, 0.3) is 0 Å². The van der Waals surface area contributed by atoms with Gasteiger partial charge in [0.05, 0.1) is 20.0 Å². The van der Waals surface area contributed by atoms with Crippen molar-refractivity contribution in [3.05, 3.63) is 0 Å². The van der Waals surface area contributed by atoms with Crippen LogP contribution in [0.1, 0.15) is 6.42 Å². The molecule has 2 N–H and O–H groups in total. The molecule has 0 saturated heterocycles. The molecule has 0 aromatic heterocycles. The summed E-state index contributed by atoms with van der Waals surface area (Å²) in [7, 11) is -1.94. The van der Waals surface area contributed by atoms with E-state index in [2.05, 4.69) is 0 Å². The molecule has 0 aliphatic rings. The largest absolute Gasteiger partial charge is 0.629 e. The van der Waals surface area contributed by atoms with Crippen LogP contribution in [0.4, 0.5) is 0 Å². The number of carbonyl (C=O) groups is 2. The normalized spacial score (nSPS) is 11.3. The molecule has 0 saturated carbocycles. The number of aliphatic carboxylic acids is 1. The second-order valence-electron chi connectivity index (χ2n) is 1.67. The van der Waals surface area contributed by atoms with Crippen LogP contribution in [0.3, 0.4) is 0 Å². The fourth-order valence-corrected chi connectivity index (χ4v) is 0.815. The van der Waals surface area contributed by atoms with Gasteiger partial charge in [-0.25, -0.2) is 4.79 Å². The number of aliphatic hydroxyl groups is 1. The van der Waals surface area contributed by atoms with Gasteiger partial charge in [-0.3, -0.25) is 4.79 Å². The van der Waals surface area contributed by atoms with E-state index in [-0.39, 0.29) is 0 Å². The number of carboxylic acid groups (broad SMARTS) is 1. The number of carbonyl (C=O) groups excluding carboxylic acids is 1. The van der Waals surface area contributed by atoms with Crippen LogP contribution in [-0.2, 0) is 9.59 Å². The van der Waals surface area contributed by atoms with Crippen LogP contribution in [-0.4, -0.2) is 34.1 Å². The summed E-state index contributed by atoms with van der Waals surface area (Å²) in [5.41, 5.74) is 0. The van der Waals surface area contributed by atoms with E-state index < -0.39 is 32.3 Å². The summed E-state index contributed by atoms with van der Waals surface area (Å²) in [6.07, 6.45) is -0.951. The smallest absolute Gasteiger partial charge is 0.372 e. The van der Waals surface area contributed by atoms with Crippen LogP contribution >= 0.6 is 7.77 Å². The molecule has 0 aromatic rings. The van der Waals surface area contributed by atoms with Gasteiger partial charge >= 0.3 is 5.97 Å². The van der Waals surface area contributed by atoms with Gasteiger partial charge in [0.1, 0.15) is 0 Å². The van der Waals surface area contributed by atoms with Crippen molar-refractivity contribution in [3.8, 4) is 0 Å². The standard InChI is InChI=1S/C5H7O5P/c6-3-11(10)2-1-4(7)5(8)9/h2,6H,1,3H2,(H,8,9). The predicted octanol–water partition coefficient (Wildman–Crippen LogP) is -1.46. The molecule has 0 amide bonds. The van der Waals surface area contributed by atoms with Crippen molar-refractivity contribution in [2.24, 2.45) is 0 Å². The Hall–Kier alpha value is -0.770. The Morgan fingerprint density at radius 1 is 1.55 bits per heavy atom. The Morgan fingerprint density at radius 3 is 2.45 bits per heavy atom. The number of rotatable bonds is 4. The fraction of sp³-hybridized carbons (Fsp3) is 0.400. The van der Waals surface area contributed by atoms with Crippen molar-refractivity contribution < 1.29 is 24.7 Å². The zero-order chi connectivity index (χ0) is 8.85. The first-order valence-corrected chi connectivity index (χ1v) is 4.23. The number of Topliss-reactive ketones (excluding diaryl/α,β-unsaturated/α-hetero) is 1. The van der Waals surface area contributed by atoms with Crippen LogP contribution in [0.5, 0.6) is 0 Å². The van der Waals surface area contributed by atoms with E-state index in [4.69, 9.17) is 10.2 Å². The minimum atomic E-state index is -1.94. The number of aliphatic hydroxyl groups excluding tert-OH is 1. The maximum absolute atomic E-state index is 10.4. The predicted molar refractivity (Wildman–Crippen MR) is 37.3 cm³/mol. The van der Waals surface area contributed by atoms with Crippen LogP contribution in [0.15, 0.2) is 0 Å². The van der Waals surface area contributed by atoms with Crippen molar-refractivity contribution in [2.75, 3.05) is 6.35 Å². The maximum atomic E-state index is 10.4. The molecule has 0 aromatic carbocycles. The van der Waals surface area contributed by atoms with E-state index >= 15 is 0 Å². The van der Waals surface area contributed by atoms with E-state index in [1.807, 2.05) is 0 Å². The van der Waals surface area contributed by atoms with Crippen LogP contribution in [0, 0.1) is 0 Å². The highest BCUT2D eigenvalue weighted by molar-refractivity contribution is 7.49. The first-order valence-electron chi connectivity index (χ1n) is 2.72. The fourth-order valence-electron chi connectivity index (χ4n) is 0.330. The Bertz CT molecular complexity index is 197. The second kappa shape index (κ2) is 4.96. The van der Waals surface area contributed by atoms with Gasteiger partial charge in [-0.05, 0) is 0 Å². The van der Waals surface area contributed by atoms with E-state index in [0.717, 1.165) is 5.80 Å². The molecule has 0 aliphatic heterocycles. The van der Waals surface area contributed by atoms with Crippen molar-refractivity contribution in [2.45, 2.75) is 6.42 Å². The summed E-state index contributed by atoms with van der Waals surface area (Å²) in [5, 5.41) is 16.3. The van der Waals surface area contributed by atoms with Crippen molar-refractivity contribution in [3.63, 3.8) is 0 Å². The molecule has 6 heteroatoms. The third-order valence-corrected chi connectivity index (χ3v) is 1.73. The number of carboxylic acids is 1. The monoisotopic (exact) mass is 178 g/mol. The molecule has 0 rings (SSSR count). The number of hydrogen-bond donors (Lipinski definition) is 2. The molecule has 5 nitrogen and oxygen atoms in total. The molecule has 0 bridgehead atoms. The minimum Gasteiger partial charge on any atom is -0.629 e. The molecule has 0 fully saturated rings. The Labute approximate surface area is 63.7 Å². The topological polar surface area (TPSA) is 97.7 Å². The third kappa shape index (κ3) is 4.61. The van der Waals surface area contributed by atoms with E-state index in [0.29, 0.717) is 0 Å². The molecule has 0 aliphatic carbocycles. The van der Waals surface area contributed by atoms with Crippen molar-refractivity contribution in [1.82, 2.24) is 0 Å². The quantitative estimate of drug-likeness (QED) is 0.405. The first-order chi connectivity index (χ1) is 5.07. The zero-order valence-electron chi connectivity index (χ0n) is 5.56. The second-order valence-corrected chi connectivity index (χ2v) is 3.16. The zero-order valence-corrected chi connectivity index (χ0v) is 6.45. The molecule has 0 radical (unpaired) electrons. The lowest BCUT2D eigenvalue weighted by Crippen LogP contribution is -2.12. The van der Waals surface area contributed by atoms with Gasteiger partial charge in [-0.1, -0.05) is 0 Å². The Kier molecular flexibility index (Phi) is 4.61. The summed E-state index contributed by atoms with van der Waals surface area (Å²) in [6.45, 7) is 0. The lowest BCUT2D eigenvalue weighted by Gasteiger charge is -1.90. The van der Waals surface area contributed by atoms with Gasteiger partial charge in [-0.2, -0.15) is 0 Å². The third-order valence-electron chi connectivity index (χ3n) is 0.858. The summed E-state index contributed by atoms with van der Waals surface area (Å²) < 4.78 is 0. The minimum absolute atomic E-state index is 0.398. The van der Waals surface area contributed by atoms with Gasteiger partial charge < -0.3 is 15.1 Å². The lowest BCUT2D eigenvalue weighted by molar-refractivity contribution is -0.155. The average Bonchev–Trinajstić information content (AvgIpc) is 1.99. The van der Waals surface area contributed by atoms with Crippen LogP contribution < -0.4 is 4.89 Å². The van der Waals surface area contributed by atoms with Crippen LogP contribution in [0.25, 0.3) is 0 Å². The summed E-state index contributed by atoms with van der Waals surface area (Å²) >= 11 is 0. The molecule has 1 atom stereocenters. The molecular formula is C5H7O5P. The number of ketones is 1. The maximum Gasteiger partial charge on any atom is 0.372 e. The number of hydrogen-bond acceptors (Lipinski definition) is 4. The molecular weight excluding hydrogens is 171 g/mol. The van der Waals surface area contributed by atoms with Crippen molar-refractivity contribution >= 4 is 25.3 Å². The summed E-state index contributed by atoms with van der Waals surface area (Å²) in [6, 6.07) is 0. The Balaban J connectivity index is 3.88. The van der Waals surface area contributed by atoms with Gasteiger partial charge in [0.15, 0.2) is 6.35 Å². The molecule has 1 unspecified atom stereocenters. The molecule has 62 valence electrons. The lowest BCUT2D eigenvalue weighted by atomic mass is 10.3. The highest BCUT2D eigenvalue weighted by atomic mass is 31.1. The van der Waals surface area contributed by atoms with Gasteiger partial charge in [0.2, 0.25) is 5.78 Å². The first kappa shape index (κ1) is 10.2. The highest BCUT2D eigenvalue weighted by Gasteiger charge is 2.10. The highest BCUT2D eigenvalue weighted by Crippen LogP contribution is 2.05. The van der Waals surface area contributed by atoms with Gasteiger partial charge in [-0.15, -0.1) is 0 Å². The van der Waals surface area contributed by atoms with Gasteiger partial charge in [0, 0.05) is 0 Å². The summed E-state index contributed by atoms with van der Waals surface area (Å²) in [4.78, 5) is 30.6. The van der Waals surface area contributed by atoms with E-state index in [1.54, 1.807) is 0 Å². The van der Waals surface area contributed by atoms with Crippen LogP contribution in [0.2, 0.25) is 0 Å². The molecule has 0 spiro atoms. The van der Waals surface area contributed by atoms with Crippen molar-refractivity contribution in [1.29, 1.82) is 0 Å². The SMILES string of the molecule is O=C(O)C(=O)C/C=[P+](\[O-])CO. The Morgan fingerprint density at radius 2 is 2.09 bits per heavy atom. The molecule has 0 heterocycles. The average molecular weight is 178 g/mol. The van der Waals surface area contributed by atoms with E-state index in [1.165, 1.54) is 0 Å².